The number of benzene rings is 1. The summed E-state index contributed by atoms with van der Waals surface area (Å²) in [4.78, 5) is 3.43. The third kappa shape index (κ3) is 4.90. The van der Waals surface area contributed by atoms with Crippen LogP contribution in [0, 0.1) is 0 Å². The first-order valence-corrected chi connectivity index (χ1v) is 6.61. The molecule has 0 aliphatic carbocycles. The van der Waals surface area contributed by atoms with E-state index >= 15 is 0 Å². The van der Waals surface area contributed by atoms with Gasteiger partial charge in [-0.3, -0.25) is 0 Å². The molecule has 0 aliphatic heterocycles. The lowest BCUT2D eigenvalue weighted by Crippen LogP contribution is -2.14. The van der Waals surface area contributed by atoms with E-state index in [9.17, 15) is 0 Å². The number of para-hydroxylation sites is 1. The van der Waals surface area contributed by atoms with Gasteiger partial charge < -0.3 is 9.64 Å². The first-order chi connectivity index (χ1) is 7.59. The second kappa shape index (κ2) is 6.81. The van der Waals surface area contributed by atoms with E-state index in [1.807, 2.05) is 23.9 Å². The Balaban J connectivity index is 2.56. The Bertz CT molecular complexity index is 313. The second-order valence-corrected chi connectivity index (χ2v) is 5.40. The van der Waals surface area contributed by atoms with E-state index in [0.717, 1.165) is 18.0 Å². The average Bonchev–Trinajstić information content (AvgIpc) is 2.19. The van der Waals surface area contributed by atoms with Crippen molar-refractivity contribution in [2.45, 2.75) is 24.8 Å². The third-order valence-electron chi connectivity index (χ3n) is 2.01. The van der Waals surface area contributed by atoms with Crippen molar-refractivity contribution in [3.63, 3.8) is 0 Å². The zero-order chi connectivity index (χ0) is 12.0. The topological polar surface area (TPSA) is 12.5 Å². The lowest BCUT2D eigenvalue weighted by Gasteiger charge is -2.14. The van der Waals surface area contributed by atoms with Crippen LogP contribution in [0.5, 0.6) is 5.75 Å². The van der Waals surface area contributed by atoms with Crippen LogP contribution in [0.2, 0.25) is 0 Å². The third-order valence-corrected chi connectivity index (χ3v) is 3.04. The molecule has 2 nitrogen and oxygen atoms in total. The molecule has 0 bridgehead atoms. The molecule has 3 heteroatoms. The molecule has 0 saturated heterocycles. The van der Waals surface area contributed by atoms with Gasteiger partial charge in [-0.1, -0.05) is 12.1 Å². The molecular formula is C13H21NOS. The largest absolute Gasteiger partial charge is 0.490 e. The van der Waals surface area contributed by atoms with Gasteiger partial charge in [0.05, 0.1) is 6.10 Å². The van der Waals surface area contributed by atoms with Gasteiger partial charge in [-0.25, -0.2) is 0 Å². The van der Waals surface area contributed by atoms with Crippen LogP contribution in [-0.2, 0) is 0 Å². The molecule has 0 amide bonds. The minimum absolute atomic E-state index is 0.232. The van der Waals surface area contributed by atoms with E-state index in [4.69, 9.17) is 4.74 Å². The lowest BCUT2D eigenvalue weighted by atomic mass is 10.3. The van der Waals surface area contributed by atoms with E-state index in [-0.39, 0.29) is 6.10 Å². The van der Waals surface area contributed by atoms with E-state index in [0.29, 0.717) is 0 Å². The molecule has 1 aromatic carbocycles. The molecule has 0 radical (unpaired) electrons. The van der Waals surface area contributed by atoms with Crippen LogP contribution in [0.25, 0.3) is 0 Å². The van der Waals surface area contributed by atoms with Gasteiger partial charge in [0.2, 0.25) is 0 Å². The molecule has 0 saturated carbocycles. The fourth-order valence-corrected chi connectivity index (χ4v) is 2.37. The van der Waals surface area contributed by atoms with Crippen molar-refractivity contribution in [1.29, 1.82) is 0 Å². The summed E-state index contributed by atoms with van der Waals surface area (Å²) in [5.41, 5.74) is 0. The van der Waals surface area contributed by atoms with Gasteiger partial charge in [-0.05, 0) is 40.1 Å². The number of hydrogen-bond acceptors (Lipinski definition) is 3. The Morgan fingerprint density at radius 1 is 1.25 bits per heavy atom. The van der Waals surface area contributed by atoms with Gasteiger partial charge in [0.15, 0.2) is 0 Å². The Labute approximate surface area is 103 Å². The normalized spacial score (nSPS) is 11.1. The smallest absolute Gasteiger partial charge is 0.133 e. The zero-order valence-corrected chi connectivity index (χ0v) is 11.4. The second-order valence-electron chi connectivity index (χ2n) is 4.27. The van der Waals surface area contributed by atoms with Crippen molar-refractivity contribution in [3.05, 3.63) is 24.3 Å². The fourth-order valence-electron chi connectivity index (χ4n) is 1.26. The summed E-state index contributed by atoms with van der Waals surface area (Å²) in [6, 6.07) is 8.24. The van der Waals surface area contributed by atoms with Gasteiger partial charge in [0.25, 0.3) is 0 Å². The predicted molar refractivity (Wildman–Crippen MR) is 71.5 cm³/mol. The zero-order valence-electron chi connectivity index (χ0n) is 10.6. The van der Waals surface area contributed by atoms with Crippen molar-refractivity contribution in [1.82, 2.24) is 4.90 Å². The summed E-state index contributed by atoms with van der Waals surface area (Å²) < 4.78 is 5.77. The number of hydrogen-bond donors (Lipinski definition) is 0. The van der Waals surface area contributed by atoms with Crippen LogP contribution in [0.1, 0.15) is 13.8 Å². The summed E-state index contributed by atoms with van der Waals surface area (Å²) in [7, 11) is 4.19. The minimum Gasteiger partial charge on any atom is -0.490 e. The van der Waals surface area contributed by atoms with Crippen LogP contribution in [0.15, 0.2) is 29.2 Å². The van der Waals surface area contributed by atoms with Gasteiger partial charge in [-0.15, -0.1) is 11.8 Å². The van der Waals surface area contributed by atoms with Gasteiger partial charge in [0, 0.05) is 17.2 Å². The highest BCUT2D eigenvalue weighted by Crippen LogP contribution is 2.29. The Hall–Kier alpha value is -0.670. The van der Waals surface area contributed by atoms with Gasteiger partial charge >= 0.3 is 0 Å². The summed E-state index contributed by atoms with van der Waals surface area (Å²) >= 11 is 1.85. The first kappa shape index (κ1) is 13.4. The highest BCUT2D eigenvalue weighted by molar-refractivity contribution is 7.99. The molecule has 0 aromatic heterocycles. The summed E-state index contributed by atoms with van der Waals surface area (Å²) in [5.74, 6) is 2.09. The minimum atomic E-state index is 0.232. The molecule has 1 rings (SSSR count). The number of rotatable bonds is 6. The van der Waals surface area contributed by atoms with E-state index in [1.54, 1.807) is 0 Å². The standard InChI is InChI=1S/C13H21NOS/c1-11(2)15-12-7-5-6-8-13(12)16-10-9-14(3)4/h5-8,11H,9-10H2,1-4H3. The van der Waals surface area contributed by atoms with Crippen molar-refractivity contribution >= 4 is 11.8 Å². The molecule has 0 aliphatic rings. The summed E-state index contributed by atoms with van der Waals surface area (Å²) in [5, 5.41) is 0. The number of ether oxygens (including phenoxy) is 1. The Morgan fingerprint density at radius 2 is 1.94 bits per heavy atom. The van der Waals surface area contributed by atoms with Crippen LogP contribution in [0.3, 0.4) is 0 Å². The highest BCUT2D eigenvalue weighted by Gasteiger charge is 2.05. The molecule has 0 unspecified atom stereocenters. The summed E-state index contributed by atoms with van der Waals surface area (Å²) in [6.45, 7) is 5.20. The Kier molecular flexibility index (Phi) is 5.71. The van der Waals surface area contributed by atoms with Crippen LogP contribution in [0.4, 0.5) is 0 Å². The molecular weight excluding hydrogens is 218 g/mol. The van der Waals surface area contributed by atoms with Gasteiger partial charge in [0.1, 0.15) is 5.75 Å². The van der Waals surface area contributed by atoms with Crippen LogP contribution >= 0.6 is 11.8 Å². The number of nitrogens with zero attached hydrogens (tertiary/aromatic N) is 1. The fraction of sp³-hybridized carbons (Fsp3) is 0.538. The number of thioether (sulfide) groups is 1. The maximum Gasteiger partial charge on any atom is 0.133 e. The van der Waals surface area contributed by atoms with Crippen molar-refractivity contribution in [2.75, 3.05) is 26.4 Å². The van der Waals surface area contributed by atoms with E-state index < -0.39 is 0 Å². The molecule has 1 aromatic rings. The first-order valence-electron chi connectivity index (χ1n) is 5.63. The maximum absolute atomic E-state index is 5.77. The van der Waals surface area contributed by atoms with Gasteiger partial charge in [-0.2, -0.15) is 0 Å². The molecule has 0 N–H and O–H groups in total. The van der Waals surface area contributed by atoms with Crippen LogP contribution < -0.4 is 4.74 Å². The van der Waals surface area contributed by atoms with E-state index in [2.05, 4.69) is 45.0 Å². The Morgan fingerprint density at radius 3 is 2.56 bits per heavy atom. The molecule has 16 heavy (non-hydrogen) atoms. The molecule has 0 fully saturated rings. The summed E-state index contributed by atoms with van der Waals surface area (Å²) in [6.07, 6.45) is 0.232. The predicted octanol–water partition coefficient (Wildman–Crippen LogP) is 3.13. The van der Waals surface area contributed by atoms with E-state index in [1.165, 1.54) is 4.90 Å². The SMILES string of the molecule is CC(C)Oc1ccccc1SCCN(C)C. The quantitative estimate of drug-likeness (QED) is 0.708. The monoisotopic (exact) mass is 239 g/mol. The lowest BCUT2D eigenvalue weighted by molar-refractivity contribution is 0.236. The molecule has 0 atom stereocenters. The molecule has 0 spiro atoms. The highest BCUT2D eigenvalue weighted by atomic mass is 32.2. The maximum atomic E-state index is 5.77. The van der Waals surface area contributed by atoms with Crippen molar-refractivity contribution in [2.24, 2.45) is 0 Å². The van der Waals surface area contributed by atoms with Crippen LogP contribution in [-0.4, -0.2) is 37.4 Å². The average molecular weight is 239 g/mol. The molecule has 0 heterocycles. The molecule has 90 valence electrons. The van der Waals surface area contributed by atoms with Crippen molar-refractivity contribution < 1.29 is 4.74 Å². The van der Waals surface area contributed by atoms with Crippen molar-refractivity contribution in [3.8, 4) is 5.75 Å².